The number of alkyl halides is 2. The van der Waals surface area contributed by atoms with Gasteiger partial charge in [-0.1, -0.05) is 73.8 Å². The Morgan fingerprint density at radius 3 is 2.50 bits per heavy atom. The monoisotopic (exact) mass is 410 g/mol. The molecule has 0 N–H and O–H groups in total. The number of carbonyl (C=O) groups excluding carboxylic acids is 1. The SMILES string of the molecule is Cc1ccc2c(c1)C(=O)C(Br)(Br)C(c1ccccc1)S2. The van der Waals surface area contributed by atoms with Crippen molar-refractivity contribution in [1.82, 2.24) is 0 Å². The van der Waals surface area contributed by atoms with Gasteiger partial charge in [-0.05, 0) is 24.6 Å². The average Bonchev–Trinajstić information content (AvgIpc) is 2.44. The van der Waals surface area contributed by atoms with Gasteiger partial charge >= 0.3 is 0 Å². The predicted molar refractivity (Wildman–Crippen MR) is 91.1 cm³/mol. The average molecular weight is 412 g/mol. The number of carbonyl (C=O) groups is 1. The molecule has 0 amide bonds. The maximum absolute atomic E-state index is 12.8. The molecule has 0 fully saturated rings. The minimum absolute atomic E-state index is 0.00593. The van der Waals surface area contributed by atoms with Crippen LogP contribution in [0.25, 0.3) is 0 Å². The molecule has 1 aliphatic heterocycles. The van der Waals surface area contributed by atoms with Crippen LogP contribution in [0.4, 0.5) is 0 Å². The van der Waals surface area contributed by atoms with Crippen molar-refractivity contribution in [3.8, 4) is 0 Å². The van der Waals surface area contributed by atoms with E-state index in [4.69, 9.17) is 0 Å². The van der Waals surface area contributed by atoms with E-state index >= 15 is 0 Å². The fraction of sp³-hybridized carbons (Fsp3) is 0.188. The first-order valence-corrected chi connectivity index (χ1v) is 8.71. The van der Waals surface area contributed by atoms with Crippen LogP contribution < -0.4 is 0 Å². The molecular weight excluding hydrogens is 400 g/mol. The molecule has 3 rings (SSSR count). The van der Waals surface area contributed by atoms with E-state index in [-0.39, 0.29) is 11.0 Å². The lowest BCUT2D eigenvalue weighted by atomic mass is 10.00. The van der Waals surface area contributed by atoms with E-state index in [1.807, 2.05) is 37.3 Å². The van der Waals surface area contributed by atoms with Crippen molar-refractivity contribution in [2.75, 3.05) is 0 Å². The van der Waals surface area contributed by atoms with E-state index in [2.05, 4.69) is 50.1 Å². The summed E-state index contributed by atoms with van der Waals surface area (Å²) in [4.78, 5) is 13.8. The summed E-state index contributed by atoms with van der Waals surface area (Å²) in [5.41, 5.74) is 3.02. The predicted octanol–water partition coefficient (Wildman–Crippen LogP) is 5.51. The van der Waals surface area contributed by atoms with Crippen LogP contribution in [0, 0.1) is 6.92 Å². The van der Waals surface area contributed by atoms with Crippen molar-refractivity contribution in [2.24, 2.45) is 0 Å². The fourth-order valence-corrected chi connectivity index (χ4v) is 5.07. The Kier molecular flexibility index (Phi) is 3.82. The number of fused-ring (bicyclic) bond motifs is 1. The molecule has 1 unspecified atom stereocenters. The van der Waals surface area contributed by atoms with E-state index in [0.29, 0.717) is 0 Å². The minimum atomic E-state index is -0.757. The van der Waals surface area contributed by atoms with Crippen LogP contribution in [-0.2, 0) is 0 Å². The van der Waals surface area contributed by atoms with Crippen molar-refractivity contribution in [1.29, 1.82) is 0 Å². The number of ketones is 1. The largest absolute Gasteiger partial charge is 0.292 e. The summed E-state index contributed by atoms with van der Waals surface area (Å²) in [6, 6.07) is 16.2. The summed E-state index contributed by atoms with van der Waals surface area (Å²) in [5, 5.41) is 0.00593. The minimum Gasteiger partial charge on any atom is -0.292 e. The number of Topliss-reactive ketones (excluding diaryl/α,β-unsaturated/α-hetero) is 1. The van der Waals surface area contributed by atoms with Crippen molar-refractivity contribution in [3.63, 3.8) is 0 Å². The molecule has 1 atom stereocenters. The zero-order chi connectivity index (χ0) is 14.3. The van der Waals surface area contributed by atoms with Gasteiger partial charge in [-0.2, -0.15) is 0 Å². The van der Waals surface area contributed by atoms with Crippen molar-refractivity contribution in [3.05, 3.63) is 65.2 Å². The van der Waals surface area contributed by atoms with Crippen LogP contribution >= 0.6 is 43.6 Å². The number of aryl methyl sites for hydroxylation is 1. The van der Waals surface area contributed by atoms with Crippen LogP contribution in [0.15, 0.2) is 53.4 Å². The van der Waals surface area contributed by atoms with Gasteiger partial charge in [-0.25, -0.2) is 0 Å². The molecule has 102 valence electrons. The van der Waals surface area contributed by atoms with E-state index in [1.165, 1.54) is 0 Å². The molecule has 1 aliphatic rings. The van der Waals surface area contributed by atoms with Crippen molar-refractivity contribution in [2.45, 2.75) is 20.3 Å². The zero-order valence-electron chi connectivity index (χ0n) is 10.8. The molecule has 0 saturated carbocycles. The smallest absolute Gasteiger partial charge is 0.192 e. The summed E-state index contributed by atoms with van der Waals surface area (Å²) in [7, 11) is 0. The molecule has 4 heteroatoms. The highest BCUT2D eigenvalue weighted by molar-refractivity contribution is 9.26. The molecule has 2 aromatic carbocycles. The first-order valence-electron chi connectivity index (χ1n) is 6.25. The fourth-order valence-electron chi connectivity index (χ4n) is 2.33. The maximum atomic E-state index is 12.8. The van der Waals surface area contributed by atoms with Gasteiger partial charge in [0.1, 0.15) is 0 Å². The highest BCUT2D eigenvalue weighted by atomic mass is 79.9. The lowest BCUT2D eigenvalue weighted by molar-refractivity contribution is 0.0976. The third-order valence-electron chi connectivity index (χ3n) is 3.36. The van der Waals surface area contributed by atoms with Gasteiger partial charge in [0.2, 0.25) is 0 Å². The molecule has 0 saturated heterocycles. The summed E-state index contributed by atoms with van der Waals surface area (Å²) < 4.78 is -0.757. The third-order valence-corrected chi connectivity index (χ3v) is 7.07. The second-order valence-corrected chi connectivity index (χ2v) is 9.57. The molecule has 0 aliphatic carbocycles. The van der Waals surface area contributed by atoms with Gasteiger partial charge in [0.15, 0.2) is 9.02 Å². The normalized spacial score (nSPS) is 20.6. The summed E-state index contributed by atoms with van der Waals surface area (Å²) in [6.07, 6.45) is 0. The Hall–Kier alpha value is -0.580. The van der Waals surface area contributed by atoms with Crippen molar-refractivity contribution < 1.29 is 4.79 Å². The van der Waals surface area contributed by atoms with E-state index in [9.17, 15) is 4.79 Å². The van der Waals surface area contributed by atoms with Gasteiger partial charge in [-0.15, -0.1) is 11.8 Å². The van der Waals surface area contributed by atoms with E-state index in [0.717, 1.165) is 21.6 Å². The Bertz CT molecular complexity index is 667. The van der Waals surface area contributed by atoms with Crippen molar-refractivity contribution >= 4 is 49.4 Å². The second kappa shape index (κ2) is 5.32. The van der Waals surface area contributed by atoms with Crippen LogP contribution in [0.1, 0.15) is 26.7 Å². The Morgan fingerprint density at radius 1 is 1.10 bits per heavy atom. The second-order valence-electron chi connectivity index (χ2n) is 4.86. The molecule has 0 radical (unpaired) electrons. The van der Waals surface area contributed by atoms with E-state index in [1.54, 1.807) is 11.8 Å². The molecular formula is C16H12Br2OS. The third kappa shape index (κ3) is 2.38. The van der Waals surface area contributed by atoms with Gasteiger partial charge in [0.05, 0.1) is 5.25 Å². The molecule has 0 spiro atoms. The standard InChI is InChI=1S/C16H12Br2OS/c1-10-7-8-13-12(9-10)14(19)16(17,18)15(20-13)11-5-3-2-4-6-11/h2-9,15H,1H3. The highest BCUT2D eigenvalue weighted by Gasteiger charge is 2.47. The Labute approximate surface area is 139 Å². The Balaban J connectivity index is 2.12. The van der Waals surface area contributed by atoms with E-state index < -0.39 is 3.23 Å². The molecule has 0 aromatic heterocycles. The molecule has 0 bridgehead atoms. The number of hydrogen-bond donors (Lipinski definition) is 0. The molecule has 20 heavy (non-hydrogen) atoms. The first-order chi connectivity index (χ1) is 9.50. The van der Waals surface area contributed by atoms with Gasteiger partial charge in [0.25, 0.3) is 0 Å². The lowest BCUT2D eigenvalue weighted by Crippen LogP contribution is -2.34. The number of thioether (sulfide) groups is 1. The van der Waals surface area contributed by atoms with Crippen LogP contribution in [0.2, 0.25) is 0 Å². The van der Waals surface area contributed by atoms with Crippen LogP contribution in [0.3, 0.4) is 0 Å². The lowest BCUT2D eigenvalue weighted by Gasteiger charge is -2.34. The Morgan fingerprint density at radius 2 is 1.80 bits per heavy atom. The number of rotatable bonds is 1. The number of benzene rings is 2. The summed E-state index contributed by atoms with van der Waals surface area (Å²) >= 11 is 8.92. The molecule has 1 heterocycles. The first kappa shape index (κ1) is 14.4. The van der Waals surface area contributed by atoms with Gasteiger partial charge in [0, 0.05) is 10.5 Å². The highest BCUT2D eigenvalue weighted by Crippen LogP contribution is 2.56. The quantitative estimate of drug-likeness (QED) is 0.575. The molecule has 1 nitrogen and oxygen atoms in total. The zero-order valence-corrected chi connectivity index (χ0v) is 14.8. The topological polar surface area (TPSA) is 17.1 Å². The summed E-state index contributed by atoms with van der Waals surface area (Å²) in [5.74, 6) is 0.0869. The van der Waals surface area contributed by atoms with Gasteiger partial charge < -0.3 is 0 Å². The maximum Gasteiger partial charge on any atom is 0.192 e. The summed E-state index contributed by atoms with van der Waals surface area (Å²) in [6.45, 7) is 2.01. The van der Waals surface area contributed by atoms with Crippen LogP contribution in [-0.4, -0.2) is 9.02 Å². The van der Waals surface area contributed by atoms with Crippen LogP contribution in [0.5, 0.6) is 0 Å². The van der Waals surface area contributed by atoms with Gasteiger partial charge in [-0.3, -0.25) is 4.79 Å². The number of halogens is 2. The number of hydrogen-bond acceptors (Lipinski definition) is 2. The molecule has 2 aromatic rings.